The molecule has 2 heterocycles. The number of thiazole rings is 1. The number of nitrogens with zero attached hydrogens (tertiary/aromatic N) is 2. The molecule has 2 rings (SSSR count). The molecule has 0 atom stereocenters. The summed E-state index contributed by atoms with van der Waals surface area (Å²) >= 11 is 1.32. The molecule has 5 heteroatoms. The molecule has 19 heavy (non-hydrogen) atoms. The quantitative estimate of drug-likeness (QED) is 0.903. The van der Waals surface area contributed by atoms with E-state index in [1.54, 1.807) is 0 Å². The molecule has 0 radical (unpaired) electrons. The maximum Gasteiger partial charge on any atom is 0.347 e. The van der Waals surface area contributed by atoms with E-state index < -0.39 is 5.97 Å². The molecule has 106 valence electrons. The number of carboxylic acids is 1. The fourth-order valence-corrected chi connectivity index (χ4v) is 3.46. The van der Waals surface area contributed by atoms with Crippen LogP contribution in [0.5, 0.6) is 0 Å². The maximum atomic E-state index is 11.4. The van der Waals surface area contributed by atoms with Gasteiger partial charge in [-0.15, -0.1) is 0 Å². The maximum absolute atomic E-state index is 11.4. The van der Waals surface area contributed by atoms with Gasteiger partial charge in [0.1, 0.15) is 4.88 Å². The van der Waals surface area contributed by atoms with Crippen molar-refractivity contribution in [3.63, 3.8) is 0 Å². The number of carboxylic acid groups (broad SMARTS) is 1. The molecule has 1 aromatic heterocycles. The van der Waals surface area contributed by atoms with Gasteiger partial charge in [-0.2, -0.15) is 0 Å². The Kier molecular flexibility index (Phi) is 3.85. The highest BCUT2D eigenvalue weighted by Gasteiger charge is 2.29. The summed E-state index contributed by atoms with van der Waals surface area (Å²) in [6.07, 6.45) is 2.32. The SMILES string of the molecule is CC1CCN(c2nc(C(C)(C)C)c(C(=O)O)s2)CC1. The van der Waals surface area contributed by atoms with Crippen molar-refractivity contribution in [2.45, 2.75) is 46.0 Å². The minimum Gasteiger partial charge on any atom is -0.477 e. The molecular weight excluding hydrogens is 260 g/mol. The lowest BCUT2D eigenvalue weighted by Gasteiger charge is -2.29. The number of aromatic nitrogens is 1. The van der Waals surface area contributed by atoms with Crippen LogP contribution in [0.25, 0.3) is 0 Å². The smallest absolute Gasteiger partial charge is 0.347 e. The van der Waals surface area contributed by atoms with Crippen molar-refractivity contribution in [3.8, 4) is 0 Å². The molecule has 4 nitrogen and oxygen atoms in total. The zero-order valence-corrected chi connectivity index (χ0v) is 12.9. The Morgan fingerprint density at radius 2 is 1.95 bits per heavy atom. The average molecular weight is 282 g/mol. The van der Waals surface area contributed by atoms with Gasteiger partial charge in [-0.25, -0.2) is 9.78 Å². The van der Waals surface area contributed by atoms with E-state index in [1.165, 1.54) is 11.3 Å². The summed E-state index contributed by atoms with van der Waals surface area (Å²) in [6, 6.07) is 0. The number of rotatable bonds is 2. The molecule has 0 aliphatic carbocycles. The fourth-order valence-electron chi connectivity index (χ4n) is 2.30. The predicted molar refractivity (Wildman–Crippen MR) is 78.4 cm³/mol. The van der Waals surface area contributed by atoms with Crippen LogP contribution in [0.15, 0.2) is 0 Å². The molecule has 0 amide bonds. The molecule has 1 saturated heterocycles. The molecule has 0 spiro atoms. The van der Waals surface area contributed by atoms with Gasteiger partial charge < -0.3 is 10.0 Å². The van der Waals surface area contributed by atoms with Gasteiger partial charge in [0.2, 0.25) is 0 Å². The van der Waals surface area contributed by atoms with Gasteiger partial charge in [-0.05, 0) is 18.8 Å². The topological polar surface area (TPSA) is 53.4 Å². The standard InChI is InChI=1S/C14H22N2O2S/c1-9-5-7-16(8-6-9)13-15-11(14(2,3)4)10(19-13)12(17)18/h9H,5-8H2,1-4H3,(H,17,18). The second kappa shape index (κ2) is 5.12. The predicted octanol–water partition coefficient (Wildman–Crippen LogP) is 3.38. The molecule has 1 aliphatic rings. The van der Waals surface area contributed by atoms with Crippen LogP contribution in [0.4, 0.5) is 5.13 Å². The summed E-state index contributed by atoms with van der Waals surface area (Å²) < 4.78 is 0. The highest BCUT2D eigenvalue weighted by atomic mass is 32.1. The van der Waals surface area contributed by atoms with Crippen LogP contribution in [0.3, 0.4) is 0 Å². The summed E-state index contributed by atoms with van der Waals surface area (Å²) in [5.74, 6) is -0.101. The molecule has 1 aliphatic heterocycles. The van der Waals surface area contributed by atoms with Crippen LogP contribution in [-0.2, 0) is 5.41 Å². The highest BCUT2D eigenvalue weighted by molar-refractivity contribution is 7.17. The lowest BCUT2D eigenvalue weighted by Crippen LogP contribution is -2.32. The zero-order valence-electron chi connectivity index (χ0n) is 12.1. The largest absolute Gasteiger partial charge is 0.477 e. The van der Waals surface area contributed by atoms with Crippen LogP contribution >= 0.6 is 11.3 Å². The van der Waals surface area contributed by atoms with E-state index >= 15 is 0 Å². The van der Waals surface area contributed by atoms with Gasteiger partial charge in [-0.1, -0.05) is 39.0 Å². The summed E-state index contributed by atoms with van der Waals surface area (Å²) in [5.41, 5.74) is 0.476. The van der Waals surface area contributed by atoms with Crippen molar-refractivity contribution in [1.82, 2.24) is 4.98 Å². The van der Waals surface area contributed by atoms with Crippen molar-refractivity contribution in [3.05, 3.63) is 10.6 Å². The van der Waals surface area contributed by atoms with Gasteiger partial charge in [-0.3, -0.25) is 0 Å². The number of piperidine rings is 1. The fraction of sp³-hybridized carbons (Fsp3) is 0.714. The molecule has 0 unspecified atom stereocenters. The lowest BCUT2D eigenvalue weighted by atomic mass is 9.91. The van der Waals surface area contributed by atoms with Crippen LogP contribution < -0.4 is 4.90 Å². The Balaban J connectivity index is 2.30. The Bertz CT molecular complexity index is 468. The third-order valence-electron chi connectivity index (χ3n) is 3.57. The second-order valence-corrected chi connectivity index (χ2v) is 7.38. The summed E-state index contributed by atoms with van der Waals surface area (Å²) in [4.78, 5) is 18.6. The Morgan fingerprint density at radius 3 is 2.37 bits per heavy atom. The number of anilines is 1. The highest BCUT2D eigenvalue weighted by Crippen LogP contribution is 2.35. The first-order valence-electron chi connectivity index (χ1n) is 6.78. The normalized spacial score (nSPS) is 17.8. The first-order chi connectivity index (χ1) is 8.79. The monoisotopic (exact) mass is 282 g/mol. The van der Waals surface area contributed by atoms with Crippen molar-refractivity contribution in [1.29, 1.82) is 0 Å². The molecule has 0 aromatic carbocycles. The van der Waals surface area contributed by atoms with Gasteiger partial charge in [0, 0.05) is 18.5 Å². The van der Waals surface area contributed by atoms with Crippen molar-refractivity contribution >= 4 is 22.4 Å². The first-order valence-corrected chi connectivity index (χ1v) is 7.60. The van der Waals surface area contributed by atoms with E-state index in [-0.39, 0.29) is 5.41 Å². The Hall–Kier alpha value is -1.10. The van der Waals surface area contributed by atoms with E-state index in [0.717, 1.165) is 37.0 Å². The van der Waals surface area contributed by atoms with Gasteiger partial charge in [0.05, 0.1) is 5.69 Å². The Labute approximate surface area is 118 Å². The van der Waals surface area contributed by atoms with Crippen LogP contribution in [0.1, 0.15) is 55.9 Å². The molecule has 1 fully saturated rings. The van der Waals surface area contributed by atoms with Crippen LogP contribution in [0.2, 0.25) is 0 Å². The summed E-state index contributed by atoms with van der Waals surface area (Å²) in [5, 5.41) is 10.2. The van der Waals surface area contributed by atoms with Crippen molar-refractivity contribution < 1.29 is 9.90 Å². The van der Waals surface area contributed by atoms with E-state index in [4.69, 9.17) is 0 Å². The van der Waals surface area contributed by atoms with E-state index in [1.807, 2.05) is 20.8 Å². The number of carbonyl (C=O) groups is 1. The minimum absolute atomic E-state index is 0.231. The van der Waals surface area contributed by atoms with Crippen LogP contribution in [-0.4, -0.2) is 29.1 Å². The number of hydrogen-bond donors (Lipinski definition) is 1. The van der Waals surface area contributed by atoms with Gasteiger partial charge in [0.15, 0.2) is 5.13 Å². The molecule has 1 aromatic rings. The summed E-state index contributed by atoms with van der Waals surface area (Å²) in [6.45, 7) is 10.3. The van der Waals surface area contributed by atoms with Gasteiger partial charge in [0.25, 0.3) is 0 Å². The van der Waals surface area contributed by atoms with E-state index in [9.17, 15) is 9.90 Å². The molecule has 1 N–H and O–H groups in total. The molecule has 0 bridgehead atoms. The third kappa shape index (κ3) is 3.08. The molecule has 0 saturated carbocycles. The number of aromatic carboxylic acids is 1. The van der Waals surface area contributed by atoms with Crippen LogP contribution in [0, 0.1) is 5.92 Å². The molecular formula is C14H22N2O2S. The van der Waals surface area contributed by atoms with E-state index in [0.29, 0.717) is 10.6 Å². The first kappa shape index (κ1) is 14.3. The Morgan fingerprint density at radius 1 is 1.37 bits per heavy atom. The average Bonchev–Trinajstić information content (AvgIpc) is 2.74. The van der Waals surface area contributed by atoms with Crippen molar-refractivity contribution in [2.75, 3.05) is 18.0 Å². The van der Waals surface area contributed by atoms with Crippen molar-refractivity contribution in [2.24, 2.45) is 5.92 Å². The zero-order chi connectivity index (χ0) is 14.2. The number of hydrogen-bond acceptors (Lipinski definition) is 4. The van der Waals surface area contributed by atoms with E-state index in [2.05, 4.69) is 16.8 Å². The lowest BCUT2D eigenvalue weighted by molar-refractivity contribution is 0.0699. The second-order valence-electron chi connectivity index (χ2n) is 6.40. The minimum atomic E-state index is -0.862. The third-order valence-corrected chi connectivity index (χ3v) is 4.68. The van der Waals surface area contributed by atoms with Gasteiger partial charge >= 0.3 is 5.97 Å². The summed E-state index contributed by atoms with van der Waals surface area (Å²) in [7, 11) is 0.